The van der Waals surface area contributed by atoms with Gasteiger partial charge in [-0.2, -0.15) is 4.31 Å². The summed E-state index contributed by atoms with van der Waals surface area (Å²) >= 11 is 0. The summed E-state index contributed by atoms with van der Waals surface area (Å²) in [5, 5.41) is 2.95. The number of rotatable bonds is 8. The number of nitrogens with zero attached hydrogens (tertiary/aromatic N) is 1. The molecule has 32 heavy (non-hydrogen) atoms. The quantitative estimate of drug-likeness (QED) is 0.534. The van der Waals surface area contributed by atoms with E-state index in [0.717, 1.165) is 23.1 Å². The Bertz CT molecular complexity index is 1110. The fourth-order valence-electron chi connectivity index (χ4n) is 4.19. The molecule has 1 amide bonds. The van der Waals surface area contributed by atoms with Gasteiger partial charge in [0.05, 0.1) is 11.7 Å². The van der Waals surface area contributed by atoms with Crippen LogP contribution in [0.3, 0.4) is 0 Å². The highest BCUT2D eigenvalue weighted by Gasteiger charge is 2.26. The van der Waals surface area contributed by atoms with Crippen molar-refractivity contribution in [2.75, 3.05) is 18.8 Å². The smallest absolute Gasteiger partial charge is 0.232 e. The number of sulfonamides is 1. The third kappa shape index (κ3) is 5.26. The molecule has 0 bridgehead atoms. The van der Waals surface area contributed by atoms with Gasteiger partial charge in [0.25, 0.3) is 0 Å². The molecule has 0 radical (unpaired) electrons. The first-order valence-corrected chi connectivity index (χ1v) is 12.6. The van der Waals surface area contributed by atoms with Gasteiger partial charge in [-0.3, -0.25) is 4.79 Å². The Kier molecular flexibility index (Phi) is 7.02. The number of nitrogens with one attached hydrogen (secondary N) is 1. The highest BCUT2D eigenvalue weighted by molar-refractivity contribution is 7.89. The van der Waals surface area contributed by atoms with Gasteiger partial charge in [0.1, 0.15) is 0 Å². The van der Waals surface area contributed by atoms with Crippen molar-refractivity contribution in [2.45, 2.75) is 25.3 Å². The van der Waals surface area contributed by atoms with Gasteiger partial charge in [-0.15, -0.1) is 0 Å². The van der Waals surface area contributed by atoms with E-state index >= 15 is 0 Å². The number of carbonyl (C=O) groups is 1. The molecule has 3 aromatic carbocycles. The van der Waals surface area contributed by atoms with Crippen molar-refractivity contribution >= 4 is 15.9 Å². The van der Waals surface area contributed by atoms with Crippen molar-refractivity contribution < 1.29 is 13.2 Å². The first-order chi connectivity index (χ1) is 15.5. The van der Waals surface area contributed by atoms with Gasteiger partial charge >= 0.3 is 0 Å². The molecule has 0 aliphatic carbocycles. The van der Waals surface area contributed by atoms with Gasteiger partial charge in [-0.25, -0.2) is 8.42 Å². The fraction of sp³-hybridized carbons (Fsp3) is 0.269. The summed E-state index contributed by atoms with van der Waals surface area (Å²) in [6, 6.07) is 27.3. The Morgan fingerprint density at radius 2 is 1.41 bits per heavy atom. The lowest BCUT2D eigenvalue weighted by Crippen LogP contribution is -2.38. The third-order valence-electron chi connectivity index (χ3n) is 5.90. The number of hydrogen-bond acceptors (Lipinski definition) is 3. The minimum Gasteiger partial charge on any atom is -0.355 e. The molecule has 166 valence electrons. The standard InChI is InChI=1S/C26H28N2O3S/c29-26(25(22-11-3-1-4-12-22)23-13-5-2-6-14-23)27-17-9-19-32(30,31)28-18-16-21-10-7-8-15-24(21)20-28/h1-8,10-15,25H,9,16-20H2,(H,27,29). The highest BCUT2D eigenvalue weighted by atomic mass is 32.2. The largest absolute Gasteiger partial charge is 0.355 e. The molecule has 1 N–H and O–H groups in total. The van der Waals surface area contributed by atoms with Gasteiger partial charge in [-0.05, 0) is 35.1 Å². The van der Waals surface area contributed by atoms with Crippen LogP contribution in [-0.4, -0.2) is 37.5 Å². The van der Waals surface area contributed by atoms with Crippen LogP contribution in [0.15, 0.2) is 84.9 Å². The molecule has 0 atom stereocenters. The minimum absolute atomic E-state index is 0.0246. The van der Waals surface area contributed by atoms with Crippen molar-refractivity contribution in [1.82, 2.24) is 9.62 Å². The van der Waals surface area contributed by atoms with Crippen LogP contribution >= 0.6 is 0 Å². The lowest BCUT2D eigenvalue weighted by Gasteiger charge is -2.28. The summed E-state index contributed by atoms with van der Waals surface area (Å²) in [4.78, 5) is 13.0. The lowest BCUT2D eigenvalue weighted by molar-refractivity contribution is -0.121. The number of hydrogen-bond donors (Lipinski definition) is 1. The fourth-order valence-corrected chi connectivity index (χ4v) is 5.66. The normalized spacial score (nSPS) is 14.2. The lowest BCUT2D eigenvalue weighted by atomic mass is 9.90. The zero-order valence-corrected chi connectivity index (χ0v) is 18.8. The molecule has 1 aliphatic rings. The summed E-state index contributed by atoms with van der Waals surface area (Å²) in [5.74, 6) is -0.518. The molecule has 0 aromatic heterocycles. The molecule has 1 aliphatic heterocycles. The molecule has 5 nitrogen and oxygen atoms in total. The van der Waals surface area contributed by atoms with E-state index in [1.807, 2.05) is 78.9 Å². The van der Waals surface area contributed by atoms with Crippen molar-refractivity contribution in [3.05, 3.63) is 107 Å². The average Bonchev–Trinajstić information content (AvgIpc) is 2.83. The van der Waals surface area contributed by atoms with Crippen molar-refractivity contribution in [3.63, 3.8) is 0 Å². The number of benzene rings is 3. The van der Waals surface area contributed by atoms with Crippen LogP contribution in [0.5, 0.6) is 0 Å². The van der Waals surface area contributed by atoms with E-state index in [1.165, 1.54) is 5.56 Å². The van der Waals surface area contributed by atoms with Gasteiger partial charge in [0.15, 0.2) is 0 Å². The average molecular weight is 449 g/mol. The summed E-state index contributed by atoms with van der Waals surface area (Å²) < 4.78 is 27.2. The van der Waals surface area contributed by atoms with E-state index in [1.54, 1.807) is 4.31 Å². The van der Waals surface area contributed by atoms with Gasteiger partial charge in [0.2, 0.25) is 15.9 Å². The van der Waals surface area contributed by atoms with E-state index < -0.39 is 15.9 Å². The van der Waals surface area contributed by atoms with Crippen molar-refractivity contribution in [3.8, 4) is 0 Å². The third-order valence-corrected chi connectivity index (χ3v) is 7.80. The number of fused-ring (bicyclic) bond motifs is 1. The maximum Gasteiger partial charge on any atom is 0.232 e. The van der Waals surface area contributed by atoms with E-state index in [4.69, 9.17) is 0 Å². The molecular formula is C26H28N2O3S. The second-order valence-corrected chi connectivity index (χ2v) is 10.2. The first kappa shape index (κ1) is 22.2. The molecule has 4 rings (SSSR count). The van der Waals surface area contributed by atoms with Crippen LogP contribution in [0.2, 0.25) is 0 Å². The number of carbonyl (C=O) groups excluding carboxylic acids is 1. The monoisotopic (exact) mass is 448 g/mol. The van der Waals surface area contributed by atoms with Crippen LogP contribution in [-0.2, 0) is 27.8 Å². The predicted octanol–water partition coefficient (Wildman–Crippen LogP) is 3.71. The Morgan fingerprint density at radius 3 is 2.03 bits per heavy atom. The Hall–Kier alpha value is -2.96. The Labute approximate surface area is 190 Å². The maximum atomic E-state index is 13.0. The van der Waals surface area contributed by atoms with Crippen molar-refractivity contribution in [1.29, 1.82) is 0 Å². The maximum absolute atomic E-state index is 13.0. The Balaban J connectivity index is 1.35. The second-order valence-electron chi connectivity index (χ2n) is 8.07. The van der Waals surface area contributed by atoms with E-state index in [0.29, 0.717) is 26.1 Å². The molecule has 0 saturated heterocycles. The molecule has 0 unspecified atom stereocenters. The molecule has 3 aromatic rings. The van der Waals surface area contributed by atoms with Gasteiger partial charge < -0.3 is 5.32 Å². The van der Waals surface area contributed by atoms with Crippen LogP contribution < -0.4 is 5.32 Å². The first-order valence-electron chi connectivity index (χ1n) is 11.0. The number of amides is 1. The molecule has 1 heterocycles. The van der Waals surface area contributed by atoms with Crippen LogP contribution in [0.25, 0.3) is 0 Å². The minimum atomic E-state index is -3.37. The molecule has 6 heteroatoms. The molecule has 0 saturated carbocycles. The zero-order valence-electron chi connectivity index (χ0n) is 18.0. The van der Waals surface area contributed by atoms with Crippen LogP contribution in [0.1, 0.15) is 34.6 Å². The topological polar surface area (TPSA) is 66.5 Å². The second kappa shape index (κ2) is 10.1. The SMILES string of the molecule is O=C(NCCCS(=O)(=O)N1CCc2ccccc2C1)C(c1ccccc1)c1ccccc1. The van der Waals surface area contributed by atoms with E-state index in [2.05, 4.69) is 11.4 Å². The Morgan fingerprint density at radius 1 is 0.844 bits per heavy atom. The molecular weight excluding hydrogens is 420 g/mol. The summed E-state index contributed by atoms with van der Waals surface area (Å²) in [6.07, 6.45) is 1.12. The highest BCUT2D eigenvalue weighted by Crippen LogP contribution is 2.25. The van der Waals surface area contributed by atoms with Crippen LogP contribution in [0.4, 0.5) is 0 Å². The molecule has 0 spiro atoms. The van der Waals surface area contributed by atoms with Crippen molar-refractivity contribution in [2.24, 2.45) is 0 Å². The van der Waals surface area contributed by atoms with Gasteiger partial charge in [-0.1, -0.05) is 84.9 Å². The summed E-state index contributed by atoms with van der Waals surface area (Å²) in [5.41, 5.74) is 4.12. The molecule has 0 fully saturated rings. The van der Waals surface area contributed by atoms with Crippen LogP contribution in [0, 0.1) is 0 Å². The predicted molar refractivity (Wildman–Crippen MR) is 127 cm³/mol. The van der Waals surface area contributed by atoms with Gasteiger partial charge in [0, 0.05) is 19.6 Å². The van der Waals surface area contributed by atoms with E-state index in [9.17, 15) is 13.2 Å². The summed E-state index contributed by atoms with van der Waals surface area (Å²) in [7, 11) is -3.37. The zero-order chi connectivity index (χ0) is 22.4. The van der Waals surface area contributed by atoms with E-state index in [-0.39, 0.29) is 11.7 Å². The summed E-state index contributed by atoms with van der Waals surface area (Å²) in [6.45, 7) is 1.25.